The van der Waals surface area contributed by atoms with Crippen LogP contribution in [0.4, 0.5) is 31.6 Å². The van der Waals surface area contributed by atoms with Crippen molar-refractivity contribution in [2.75, 3.05) is 28.7 Å². The van der Waals surface area contributed by atoms with Gasteiger partial charge in [-0.1, -0.05) is 29.5 Å². The van der Waals surface area contributed by atoms with E-state index in [9.17, 15) is 22.4 Å². The van der Waals surface area contributed by atoms with E-state index in [0.717, 1.165) is 11.8 Å². The van der Waals surface area contributed by atoms with E-state index in [1.54, 1.807) is 19.1 Å². The molecule has 0 spiro atoms. The Kier molecular flexibility index (Phi) is 7.66. The Labute approximate surface area is 239 Å². The minimum absolute atomic E-state index is 0.0485. The van der Waals surface area contributed by atoms with Crippen molar-refractivity contribution >= 4 is 55.8 Å². The van der Waals surface area contributed by atoms with Crippen LogP contribution in [-0.2, 0) is 21.4 Å². The van der Waals surface area contributed by atoms with Crippen LogP contribution in [0.5, 0.6) is 0 Å². The average Bonchev–Trinajstić information content (AvgIpc) is 3.31. The maximum absolute atomic E-state index is 14.9. The van der Waals surface area contributed by atoms with Gasteiger partial charge in [-0.2, -0.15) is 0 Å². The first-order valence-corrected chi connectivity index (χ1v) is 14.7. The lowest BCUT2D eigenvalue weighted by molar-refractivity contribution is -0.120. The highest BCUT2D eigenvalue weighted by molar-refractivity contribution is 7.89. The molecule has 0 unspecified atom stereocenters. The number of urea groups is 1. The van der Waals surface area contributed by atoms with Gasteiger partial charge in [0, 0.05) is 37.9 Å². The second-order valence-corrected chi connectivity index (χ2v) is 11.8. The summed E-state index contributed by atoms with van der Waals surface area (Å²) < 4.78 is 38.2. The van der Waals surface area contributed by atoms with Crippen molar-refractivity contribution in [3.8, 4) is 10.6 Å². The molecule has 3 heterocycles. The third-order valence-electron chi connectivity index (χ3n) is 6.19. The third-order valence-corrected chi connectivity index (χ3v) is 8.38. The second-order valence-electron chi connectivity index (χ2n) is 9.28. The minimum atomic E-state index is -3.91. The smallest absolute Gasteiger partial charge is 0.328 e. The number of carbonyl (C=O) groups is 2. The molecule has 5 rings (SSSR count). The number of hydrogen-bond donors (Lipinski definition) is 3. The molecule has 0 atom stereocenters. The van der Waals surface area contributed by atoms with Crippen LogP contribution in [0.25, 0.3) is 10.6 Å². The number of rotatable bonds is 8. The van der Waals surface area contributed by atoms with Crippen LogP contribution >= 0.6 is 11.3 Å². The number of nitrogens with two attached hydrogens (primary N) is 1. The summed E-state index contributed by atoms with van der Waals surface area (Å²) in [6.07, 6.45) is 1.27. The summed E-state index contributed by atoms with van der Waals surface area (Å²) in [7, 11) is -2.06. The van der Waals surface area contributed by atoms with Gasteiger partial charge in [-0.3, -0.25) is 15.0 Å². The molecular formula is C26H25FN8O4S2. The summed E-state index contributed by atoms with van der Waals surface area (Å²) in [4.78, 5) is 40.5. The Bertz CT molecular complexity index is 1760. The summed E-state index contributed by atoms with van der Waals surface area (Å²) >= 11 is 1.26. The van der Waals surface area contributed by atoms with Crippen molar-refractivity contribution in [1.82, 2.24) is 20.3 Å². The number of hydrogen-bond acceptors (Lipinski definition) is 10. The molecule has 1 fully saturated rings. The van der Waals surface area contributed by atoms with Crippen LogP contribution in [0.1, 0.15) is 17.7 Å². The number of aryl methyl sites for hydroxylation is 1. The fraction of sp³-hybridized carbons (Fsp3) is 0.192. The Hall–Kier alpha value is -4.47. The number of sulfonamides is 1. The fourth-order valence-electron chi connectivity index (χ4n) is 4.21. The number of nitrogens with zero attached hydrogens (tertiary/aromatic N) is 5. The van der Waals surface area contributed by atoms with E-state index in [1.807, 2.05) is 30.1 Å². The first-order chi connectivity index (χ1) is 19.5. The Morgan fingerprint density at radius 2 is 1.95 bits per heavy atom. The number of aromatic nitrogens is 3. The van der Waals surface area contributed by atoms with E-state index in [-0.39, 0.29) is 28.9 Å². The number of nitrogens with one attached hydrogen (secondary N) is 2. The van der Waals surface area contributed by atoms with Crippen molar-refractivity contribution in [2.45, 2.75) is 24.8 Å². The second kappa shape index (κ2) is 11.2. The van der Waals surface area contributed by atoms with E-state index >= 15 is 0 Å². The first-order valence-electron chi connectivity index (χ1n) is 12.3. The molecule has 1 saturated heterocycles. The van der Waals surface area contributed by atoms with E-state index in [1.165, 1.54) is 34.4 Å². The Balaban J connectivity index is 1.35. The maximum Gasteiger partial charge on any atom is 0.328 e. The molecule has 41 heavy (non-hydrogen) atoms. The van der Waals surface area contributed by atoms with Crippen molar-refractivity contribution in [3.05, 3.63) is 71.8 Å². The largest absolute Gasteiger partial charge is 0.347 e. The van der Waals surface area contributed by atoms with Crippen molar-refractivity contribution in [2.24, 2.45) is 5.14 Å². The summed E-state index contributed by atoms with van der Waals surface area (Å²) in [5.41, 5.74) is 2.57. The number of primary sulfonamides is 1. The summed E-state index contributed by atoms with van der Waals surface area (Å²) in [6.45, 7) is 2.51. The van der Waals surface area contributed by atoms with Gasteiger partial charge in [-0.25, -0.2) is 37.7 Å². The molecule has 212 valence electrons. The average molecular weight is 597 g/mol. The van der Waals surface area contributed by atoms with Crippen LogP contribution in [0.2, 0.25) is 0 Å². The quantitative estimate of drug-likeness (QED) is 0.276. The summed E-state index contributed by atoms with van der Waals surface area (Å²) in [6, 6.07) is 12.8. The standard InChI is InChI=1S/C26H25FN8O4S2/c1-15-23(22-20(27)13-29-24(33-22)31-17-6-4-8-19(12-17)41(28,38)39)40-26(30-15)34(2)14-16-5-3-7-18(11-16)35-10-9-21(36)32-25(35)37/h3-8,11-13H,9-10,14H2,1-2H3,(H2,28,38,39)(H,29,31,33)(H,32,36,37). The van der Waals surface area contributed by atoms with E-state index in [2.05, 4.69) is 25.6 Å². The molecular weight excluding hydrogens is 571 g/mol. The van der Waals surface area contributed by atoms with Gasteiger partial charge in [0.05, 0.1) is 21.7 Å². The topological polar surface area (TPSA) is 164 Å². The molecule has 0 aliphatic carbocycles. The zero-order valence-electron chi connectivity index (χ0n) is 22.0. The van der Waals surface area contributed by atoms with Gasteiger partial charge in [-0.15, -0.1) is 0 Å². The van der Waals surface area contributed by atoms with Gasteiger partial charge in [0.2, 0.25) is 21.9 Å². The van der Waals surface area contributed by atoms with Crippen LogP contribution < -0.4 is 25.6 Å². The van der Waals surface area contributed by atoms with Crippen LogP contribution in [0, 0.1) is 12.7 Å². The highest BCUT2D eigenvalue weighted by Crippen LogP contribution is 2.35. The molecule has 1 aliphatic heterocycles. The van der Waals surface area contributed by atoms with Crippen molar-refractivity contribution in [3.63, 3.8) is 0 Å². The predicted octanol–water partition coefficient (Wildman–Crippen LogP) is 3.52. The van der Waals surface area contributed by atoms with E-state index in [4.69, 9.17) is 5.14 Å². The summed E-state index contributed by atoms with van der Waals surface area (Å²) in [5, 5.41) is 11.0. The number of halogens is 1. The van der Waals surface area contributed by atoms with Gasteiger partial charge >= 0.3 is 6.03 Å². The molecule has 0 bridgehead atoms. The van der Waals surface area contributed by atoms with Gasteiger partial charge in [0.1, 0.15) is 5.69 Å². The monoisotopic (exact) mass is 596 g/mol. The van der Waals surface area contributed by atoms with Gasteiger partial charge in [0.25, 0.3) is 0 Å². The Morgan fingerprint density at radius 3 is 2.71 bits per heavy atom. The molecule has 0 saturated carbocycles. The van der Waals surface area contributed by atoms with Crippen molar-refractivity contribution in [1.29, 1.82) is 0 Å². The molecule has 15 heteroatoms. The molecule has 4 aromatic rings. The van der Waals surface area contributed by atoms with Crippen LogP contribution in [0.3, 0.4) is 0 Å². The minimum Gasteiger partial charge on any atom is -0.347 e. The molecule has 4 N–H and O–H groups in total. The zero-order chi connectivity index (χ0) is 29.3. The van der Waals surface area contributed by atoms with E-state index in [0.29, 0.717) is 40.2 Å². The lowest BCUT2D eigenvalue weighted by Gasteiger charge is -2.27. The number of thiazole rings is 1. The first kappa shape index (κ1) is 28.1. The summed E-state index contributed by atoms with van der Waals surface area (Å²) in [5.74, 6) is -0.868. The lowest BCUT2D eigenvalue weighted by atomic mass is 10.1. The predicted molar refractivity (Wildman–Crippen MR) is 153 cm³/mol. The van der Waals surface area contributed by atoms with Crippen LogP contribution in [0.15, 0.2) is 59.6 Å². The number of anilines is 4. The van der Waals surface area contributed by atoms with Gasteiger partial charge in [0.15, 0.2) is 10.9 Å². The molecule has 2 aromatic heterocycles. The van der Waals surface area contributed by atoms with Crippen molar-refractivity contribution < 1.29 is 22.4 Å². The third kappa shape index (κ3) is 6.32. The fourth-order valence-corrected chi connectivity index (χ4v) is 5.78. The molecule has 1 aliphatic rings. The number of benzene rings is 2. The van der Waals surface area contributed by atoms with Gasteiger partial charge < -0.3 is 10.2 Å². The highest BCUT2D eigenvalue weighted by Gasteiger charge is 2.24. The number of carbonyl (C=O) groups excluding carboxylic acids is 2. The highest BCUT2D eigenvalue weighted by atomic mass is 32.2. The lowest BCUT2D eigenvalue weighted by Crippen LogP contribution is -2.49. The molecule has 12 nitrogen and oxygen atoms in total. The SMILES string of the molecule is Cc1nc(N(C)Cc2cccc(N3CCC(=O)NC3=O)c2)sc1-c1nc(Nc2cccc(S(N)(=O)=O)c2)ncc1F. The molecule has 3 amide bonds. The number of imide groups is 1. The normalized spacial score (nSPS) is 13.7. The Morgan fingerprint density at radius 1 is 1.17 bits per heavy atom. The number of amides is 3. The van der Waals surface area contributed by atoms with Gasteiger partial charge in [-0.05, 0) is 42.8 Å². The molecule has 2 aromatic carbocycles. The van der Waals surface area contributed by atoms with E-state index < -0.39 is 21.9 Å². The maximum atomic E-state index is 14.9. The molecule has 0 radical (unpaired) electrons. The zero-order valence-corrected chi connectivity index (χ0v) is 23.6. The van der Waals surface area contributed by atoms with Crippen LogP contribution in [-0.4, -0.2) is 48.9 Å².